The van der Waals surface area contributed by atoms with E-state index in [1.807, 2.05) is 10.8 Å². The topological polar surface area (TPSA) is 85.4 Å². The van der Waals surface area contributed by atoms with Gasteiger partial charge in [0.2, 0.25) is 0 Å². The van der Waals surface area contributed by atoms with Gasteiger partial charge < -0.3 is 24.0 Å². The molecule has 1 rings (SSSR count). The van der Waals surface area contributed by atoms with Gasteiger partial charge in [-0.25, -0.2) is 0 Å². The Morgan fingerprint density at radius 1 is 0.518 bits per heavy atom. The van der Waals surface area contributed by atoms with E-state index in [2.05, 4.69) is 30.6 Å². The summed E-state index contributed by atoms with van der Waals surface area (Å²) in [7, 11) is 3.68. The first-order valence-corrected chi connectivity index (χ1v) is 26.1. The monoisotopic (exact) mass is 829 g/mol. The molecule has 1 fully saturated rings. The van der Waals surface area contributed by atoms with Crippen LogP contribution in [0.3, 0.4) is 0 Å². The molecule has 0 aromatic heterocycles. The van der Waals surface area contributed by atoms with E-state index in [9.17, 15) is 14.4 Å². The van der Waals surface area contributed by atoms with Gasteiger partial charge in [0.05, 0.1) is 12.8 Å². The van der Waals surface area contributed by atoms with Crippen molar-refractivity contribution in [3.8, 4) is 0 Å². The molecule has 1 aliphatic rings. The summed E-state index contributed by atoms with van der Waals surface area (Å²) in [5, 5.41) is 0. The third kappa shape index (κ3) is 35.0. The number of nitrogens with zero attached hydrogens (tertiary/aromatic N) is 2. The molecule has 0 bridgehead atoms. The van der Waals surface area contributed by atoms with Crippen molar-refractivity contribution in [1.82, 2.24) is 9.80 Å². The van der Waals surface area contributed by atoms with Crippen molar-refractivity contribution < 1.29 is 28.6 Å². The van der Waals surface area contributed by atoms with Crippen LogP contribution in [0.2, 0.25) is 0 Å². The summed E-state index contributed by atoms with van der Waals surface area (Å²) in [4.78, 5) is 42.7. The van der Waals surface area contributed by atoms with Crippen molar-refractivity contribution in [2.24, 2.45) is 5.92 Å². The standard InChI is InChI=1S/C46H88N2O6S2/c1-4-7-10-13-16-17-20-25-40-55-56-41-39-54-45(50)30-36-48(34-26-33-47-31-23-24-32-47)35-29-44(49)52-37-38-53-46(51)42-43(27-21-18-14-11-8-5-2)28-22-19-15-12-9-6-3/h43H,4-42H2,1-3H3. The maximum atomic E-state index is 12.8. The van der Waals surface area contributed by atoms with Crippen LogP contribution in [0.15, 0.2) is 0 Å². The minimum atomic E-state index is -0.293. The van der Waals surface area contributed by atoms with Crippen LogP contribution in [0, 0.1) is 5.92 Å². The second-order valence-corrected chi connectivity index (χ2v) is 18.9. The number of unbranched alkanes of at least 4 members (excludes halogenated alkanes) is 17. The van der Waals surface area contributed by atoms with Crippen LogP contribution in [-0.2, 0) is 28.6 Å². The molecule has 10 heteroatoms. The van der Waals surface area contributed by atoms with E-state index in [1.54, 1.807) is 10.8 Å². The van der Waals surface area contributed by atoms with Crippen LogP contribution in [0.5, 0.6) is 0 Å². The highest BCUT2D eigenvalue weighted by Crippen LogP contribution is 2.24. The van der Waals surface area contributed by atoms with Gasteiger partial charge in [0, 0.05) is 31.0 Å². The van der Waals surface area contributed by atoms with Crippen molar-refractivity contribution >= 4 is 39.5 Å². The maximum absolute atomic E-state index is 12.8. The zero-order valence-corrected chi connectivity index (χ0v) is 38.4. The van der Waals surface area contributed by atoms with Gasteiger partial charge in [0.1, 0.15) is 19.8 Å². The summed E-state index contributed by atoms with van der Waals surface area (Å²) in [6.07, 6.45) is 32.7. The molecular formula is C46H88N2O6S2. The summed E-state index contributed by atoms with van der Waals surface area (Å²) in [6, 6.07) is 0. The molecule has 0 aliphatic carbocycles. The molecule has 0 saturated carbocycles. The van der Waals surface area contributed by atoms with Crippen LogP contribution in [0.1, 0.15) is 201 Å². The summed E-state index contributed by atoms with van der Waals surface area (Å²) >= 11 is 0. The summed E-state index contributed by atoms with van der Waals surface area (Å²) < 4.78 is 16.5. The van der Waals surface area contributed by atoms with Crippen LogP contribution in [0.4, 0.5) is 0 Å². The van der Waals surface area contributed by atoms with E-state index < -0.39 is 0 Å². The lowest BCUT2D eigenvalue weighted by molar-refractivity contribution is -0.153. The van der Waals surface area contributed by atoms with Crippen molar-refractivity contribution in [3.05, 3.63) is 0 Å². The number of hydrogen-bond acceptors (Lipinski definition) is 10. The fourth-order valence-electron chi connectivity index (χ4n) is 7.49. The first-order chi connectivity index (χ1) is 27.5. The van der Waals surface area contributed by atoms with E-state index in [-0.39, 0.29) is 37.5 Å². The molecule has 0 unspecified atom stereocenters. The van der Waals surface area contributed by atoms with Gasteiger partial charge in [-0.15, -0.1) is 0 Å². The second-order valence-electron chi connectivity index (χ2n) is 16.2. The van der Waals surface area contributed by atoms with Gasteiger partial charge in [-0.05, 0) is 70.6 Å². The molecule has 0 aromatic carbocycles. The normalized spacial score (nSPS) is 13.2. The number of ether oxygens (including phenoxy) is 3. The van der Waals surface area contributed by atoms with Gasteiger partial charge in [-0.2, -0.15) is 0 Å². The molecule has 0 spiro atoms. The maximum Gasteiger partial charge on any atom is 0.307 e. The van der Waals surface area contributed by atoms with Gasteiger partial charge in [0.25, 0.3) is 0 Å². The molecule has 0 atom stereocenters. The molecule has 0 N–H and O–H groups in total. The Labute approximate surface area is 353 Å². The number of carbonyl (C=O) groups excluding carboxylic acids is 3. The third-order valence-corrected chi connectivity index (χ3v) is 13.5. The average molecular weight is 829 g/mol. The fraction of sp³-hybridized carbons (Fsp3) is 0.935. The minimum absolute atomic E-state index is 0.0841. The predicted octanol–water partition coefficient (Wildman–Crippen LogP) is 12.2. The molecule has 8 nitrogen and oxygen atoms in total. The van der Waals surface area contributed by atoms with Crippen molar-refractivity contribution in [3.63, 3.8) is 0 Å². The van der Waals surface area contributed by atoms with Gasteiger partial charge in [-0.1, -0.05) is 164 Å². The number of hydrogen-bond donors (Lipinski definition) is 0. The van der Waals surface area contributed by atoms with E-state index in [1.165, 1.54) is 141 Å². The van der Waals surface area contributed by atoms with Gasteiger partial charge >= 0.3 is 17.9 Å². The van der Waals surface area contributed by atoms with Crippen LogP contribution >= 0.6 is 21.6 Å². The minimum Gasteiger partial charge on any atom is -0.465 e. The van der Waals surface area contributed by atoms with Crippen molar-refractivity contribution in [2.45, 2.75) is 201 Å². The van der Waals surface area contributed by atoms with Crippen LogP contribution in [-0.4, -0.2) is 98.3 Å². The smallest absolute Gasteiger partial charge is 0.307 e. The summed E-state index contributed by atoms with van der Waals surface area (Å²) in [5.74, 6) is 1.71. The Bertz CT molecular complexity index is 891. The molecule has 0 aromatic rings. The zero-order chi connectivity index (χ0) is 40.6. The number of rotatable bonds is 42. The zero-order valence-electron chi connectivity index (χ0n) is 36.8. The SMILES string of the molecule is CCCCCCCCCCSSCCOC(=O)CCN(CCCN1CCCC1)CCC(=O)OCCOC(=O)CC(CCCCCCCC)CCCCCCCC. The van der Waals surface area contributed by atoms with Gasteiger partial charge in [-0.3, -0.25) is 14.4 Å². The lowest BCUT2D eigenvalue weighted by Gasteiger charge is -2.23. The quantitative estimate of drug-likeness (QED) is 0.0257. The third-order valence-electron chi connectivity index (χ3n) is 11.0. The number of likely N-dealkylation sites (tertiary alicyclic amines) is 1. The fourth-order valence-corrected chi connectivity index (χ4v) is 9.46. The highest BCUT2D eigenvalue weighted by molar-refractivity contribution is 8.76. The first kappa shape index (κ1) is 53.0. The molecule has 1 aliphatic heterocycles. The highest BCUT2D eigenvalue weighted by atomic mass is 33.1. The number of esters is 3. The molecule has 56 heavy (non-hydrogen) atoms. The Kier molecular flexibility index (Phi) is 38.6. The van der Waals surface area contributed by atoms with Crippen LogP contribution in [0.25, 0.3) is 0 Å². The Morgan fingerprint density at radius 2 is 0.964 bits per heavy atom. The van der Waals surface area contributed by atoms with Gasteiger partial charge in [0.15, 0.2) is 0 Å². The molecule has 1 heterocycles. The van der Waals surface area contributed by atoms with Crippen LogP contribution < -0.4 is 0 Å². The van der Waals surface area contributed by atoms with E-state index in [0.29, 0.717) is 38.5 Å². The van der Waals surface area contributed by atoms with Crippen molar-refractivity contribution in [2.75, 3.05) is 70.6 Å². The highest BCUT2D eigenvalue weighted by Gasteiger charge is 2.17. The molecule has 0 radical (unpaired) electrons. The lowest BCUT2D eigenvalue weighted by atomic mass is 9.91. The Balaban J connectivity index is 2.32. The average Bonchev–Trinajstić information content (AvgIpc) is 3.72. The number of carbonyl (C=O) groups is 3. The van der Waals surface area contributed by atoms with E-state index in [4.69, 9.17) is 14.2 Å². The van der Waals surface area contributed by atoms with E-state index in [0.717, 1.165) is 56.9 Å². The summed E-state index contributed by atoms with van der Waals surface area (Å²) in [5.41, 5.74) is 0. The lowest BCUT2D eigenvalue weighted by Crippen LogP contribution is -2.33. The largest absolute Gasteiger partial charge is 0.465 e. The Hall–Kier alpha value is -0.970. The molecule has 1 saturated heterocycles. The molecular weight excluding hydrogens is 741 g/mol. The predicted molar refractivity (Wildman–Crippen MR) is 240 cm³/mol. The second kappa shape index (κ2) is 40.8. The summed E-state index contributed by atoms with van der Waals surface area (Å²) in [6.45, 7) is 12.7. The van der Waals surface area contributed by atoms with E-state index >= 15 is 0 Å². The molecule has 330 valence electrons. The molecule has 0 amide bonds. The Morgan fingerprint density at radius 3 is 1.50 bits per heavy atom. The first-order valence-electron chi connectivity index (χ1n) is 23.6. The van der Waals surface area contributed by atoms with Crippen molar-refractivity contribution in [1.29, 1.82) is 0 Å².